The van der Waals surface area contributed by atoms with E-state index in [0.29, 0.717) is 11.5 Å². The number of carbonyl (C=O) groups excluding carboxylic acids is 1. The van der Waals surface area contributed by atoms with Gasteiger partial charge in [0.05, 0.1) is 5.56 Å². The van der Waals surface area contributed by atoms with Gasteiger partial charge in [-0.1, -0.05) is 30.3 Å². The highest BCUT2D eigenvalue weighted by atomic mass is 19.1. The Morgan fingerprint density at radius 3 is 2.60 bits per heavy atom. The number of rotatable bonds is 7. The molecule has 7 heteroatoms. The number of ether oxygens (including phenoxy) is 1. The van der Waals surface area contributed by atoms with Crippen molar-refractivity contribution < 1.29 is 23.8 Å². The number of fused-ring (bicyclic) bond motifs is 3. The number of aromatic carboxylic acids is 1. The van der Waals surface area contributed by atoms with E-state index in [4.69, 9.17) is 4.74 Å². The number of hydrogen-bond donors (Lipinski definition) is 2. The van der Waals surface area contributed by atoms with E-state index in [1.54, 1.807) is 30.3 Å². The van der Waals surface area contributed by atoms with E-state index < -0.39 is 23.8 Å². The Balaban J connectivity index is 1.51. The zero-order chi connectivity index (χ0) is 21.1. The molecule has 0 aromatic heterocycles. The summed E-state index contributed by atoms with van der Waals surface area (Å²) in [7, 11) is 0. The Hall–Kier alpha value is -2.77. The lowest BCUT2D eigenvalue weighted by Crippen LogP contribution is -2.52. The molecular weight excluding hydrogens is 387 g/mol. The fourth-order valence-electron chi connectivity index (χ4n) is 4.33. The minimum atomic E-state index is -1.02. The molecule has 0 amide bonds. The molecule has 3 heterocycles. The van der Waals surface area contributed by atoms with E-state index in [-0.39, 0.29) is 23.8 Å². The van der Waals surface area contributed by atoms with Gasteiger partial charge in [-0.15, -0.1) is 0 Å². The fraction of sp³-hybridized carbons (Fsp3) is 0.391. The van der Waals surface area contributed by atoms with Crippen molar-refractivity contribution in [3.63, 3.8) is 0 Å². The molecule has 158 valence electrons. The zero-order valence-electron chi connectivity index (χ0n) is 16.6. The second-order valence-corrected chi connectivity index (χ2v) is 7.95. The molecule has 2 aromatic carbocycles. The van der Waals surface area contributed by atoms with Crippen LogP contribution in [-0.4, -0.2) is 47.7 Å². The first-order chi connectivity index (χ1) is 14.5. The maximum absolute atomic E-state index is 14.5. The van der Waals surface area contributed by atoms with Crippen LogP contribution < -0.4 is 5.32 Å². The van der Waals surface area contributed by atoms with Gasteiger partial charge >= 0.3 is 11.9 Å². The standard InChI is InChI=1S/C23H25FN2O4/c24-19-7-2-1-6-18(19)21(25-13-15-4-3-5-17(12-15)22(27)28)23(29)30-20-14-26-10-8-16(20)9-11-26/h1-7,12,16,20-21,25H,8-11,13-14H2,(H,27,28)/t20-,21?/m0/s1. The molecule has 30 heavy (non-hydrogen) atoms. The molecule has 1 unspecified atom stereocenters. The summed E-state index contributed by atoms with van der Waals surface area (Å²) in [6.07, 6.45) is 1.85. The van der Waals surface area contributed by atoms with Crippen LogP contribution in [0, 0.1) is 11.7 Å². The number of esters is 1. The Labute approximate surface area is 174 Å². The molecule has 2 aromatic rings. The van der Waals surface area contributed by atoms with E-state index >= 15 is 0 Å². The molecule has 3 aliphatic heterocycles. The van der Waals surface area contributed by atoms with Gasteiger partial charge in [0.1, 0.15) is 18.0 Å². The molecule has 0 spiro atoms. The summed E-state index contributed by atoms with van der Waals surface area (Å²) in [4.78, 5) is 26.6. The topological polar surface area (TPSA) is 78.9 Å². The highest BCUT2D eigenvalue weighted by molar-refractivity contribution is 5.87. The van der Waals surface area contributed by atoms with Crippen LogP contribution in [0.2, 0.25) is 0 Å². The fourth-order valence-corrected chi connectivity index (χ4v) is 4.33. The van der Waals surface area contributed by atoms with Crippen molar-refractivity contribution in [2.24, 2.45) is 5.92 Å². The highest BCUT2D eigenvalue weighted by Crippen LogP contribution is 2.31. The number of benzene rings is 2. The quantitative estimate of drug-likeness (QED) is 0.681. The molecule has 3 fully saturated rings. The molecule has 0 aliphatic carbocycles. The second kappa shape index (κ2) is 8.93. The summed E-state index contributed by atoms with van der Waals surface area (Å²) in [5.41, 5.74) is 1.07. The van der Waals surface area contributed by atoms with Gasteiger partial charge in [-0.05, 0) is 55.6 Å². The summed E-state index contributed by atoms with van der Waals surface area (Å²) >= 11 is 0. The van der Waals surface area contributed by atoms with Gasteiger partial charge in [0.25, 0.3) is 0 Å². The predicted molar refractivity (Wildman–Crippen MR) is 108 cm³/mol. The summed E-state index contributed by atoms with van der Waals surface area (Å²) in [5, 5.41) is 12.2. The highest BCUT2D eigenvalue weighted by Gasteiger charge is 2.38. The van der Waals surface area contributed by atoms with Gasteiger partial charge in [-0.3, -0.25) is 10.2 Å². The lowest BCUT2D eigenvalue weighted by atomic mass is 9.86. The molecule has 0 radical (unpaired) electrons. The van der Waals surface area contributed by atoms with Gasteiger partial charge in [0.2, 0.25) is 0 Å². The summed E-state index contributed by atoms with van der Waals surface area (Å²) in [6, 6.07) is 11.6. The van der Waals surface area contributed by atoms with E-state index in [1.165, 1.54) is 18.2 Å². The Morgan fingerprint density at radius 1 is 1.17 bits per heavy atom. The van der Waals surface area contributed by atoms with Crippen LogP contribution in [0.5, 0.6) is 0 Å². The molecule has 6 nitrogen and oxygen atoms in total. The van der Waals surface area contributed by atoms with Crippen molar-refractivity contribution in [2.75, 3.05) is 19.6 Å². The average molecular weight is 412 g/mol. The molecule has 3 aliphatic rings. The van der Waals surface area contributed by atoms with E-state index in [0.717, 1.165) is 32.5 Å². The number of carbonyl (C=O) groups is 2. The second-order valence-electron chi connectivity index (χ2n) is 7.95. The van der Waals surface area contributed by atoms with E-state index in [2.05, 4.69) is 10.2 Å². The molecule has 2 atom stereocenters. The minimum Gasteiger partial charge on any atom is -0.478 e. The van der Waals surface area contributed by atoms with Crippen LogP contribution in [0.25, 0.3) is 0 Å². The van der Waals surface area contributed by atoms with Gasteiger partial charge in [-0.25, -0.2) is 14.0 Å². The maximum Gasteiger partial charge on any atom is 0.335 e. The molecule has 2 bridgehead atoms. The monoisotopic (exact) mass is 412 g/mol. The SMILES string of the molecule is O=C(O)c1cccc(CNC(C(=O)O[C@H]2CN3CCC2CC3)c2ccccc2F)c1. The number of piperidine rings is 3. The number of nitrogens with zero attached hydrogens (tertiary/aromatic N) is 1. The largest absolute Gasteiger partial charge is 0.478 e. The summed E-state index contributed by atoms with van der Waals surface area (Å²) < 4.78 is 20.3. The van der Waals surface area contributed by atoms with Crippen molar-refractivity contribution >= 4 is 11.9 Å². The Kier molecular flexibility index (Phi) is 6.11. The molecule has 0 saturated carbocycles. The normalized spacial score (nSPS) is 23.7. The molecular formula is C23H25FN2O4. The Bertz CT molecular complexity index is 927. The van der Waals surface area contributed by atoms with Crippen molar-refractivity contribution in [1.29, 1.82) is 0 Å². The number of carboxylic acid groups (broad SMARTS) is 1. The molecule has 3 saturated heterocycles. The third-order valence-electron chi connectivity index (χ3n) is 6.00. The van der Waals surface area contributed by atoms with Gasteiger partial charge in [0.15, 0.2) is 0 Å². The maximum atomic E-state index is 14.5. The van der Waals surface area contributed by atoms with Crippen LogP contribution in [0.1, 0.15) is 40.4 Å². The van der Waals surface area contributed by atoms with Crippen LogP contribution in [0.3, 0.4) is 0 Å². The number of hydrogen-bond acceptors (Lipinski definition) is 5. The first-order valence-corrected chi connectivity index (χ1v) is 10.2. The number of halogens is 1. The minimum absolute atomic E-state index is 0.159. The predicted octanol–water partition coefficient (Wildman–Crippen LogP) is 2.99. The van der Waals surface area contributed by atoms with Crippen molar-refractivity contribution in [3.05, 3.63) is 71.0 Å². The Morgan fingerprint density at radius 2 is 1.93 bits per heavy atom. The smallest absolute Gasteiger partial charge is 0.335 e. The zero-order valence-corrected chi connectivity index (χ0v) is 16.6. The van der Waals surface area contributed by atoms with Crippen molar-refractivity contribution in [3.8, 4) is 0 Å². The first kappa shape index (κ1) is 20.5. The third kappa shape index (κ3) is 4.52. The van der Waals surface area contributed by atoms with E-state index in [9.17, 15) is 19.1 Å². The van der Waals surface area contributed by atoms with Crippen molar-refractivity contribution in [1.82, 2.24) is 10.2 Å². The van der Waals surface area contributed by atoms with Crippen LogP contribution in [0.4, 0.5) is 4.39 Å². The average Bonchev–Trinajstić information content (AvgIpc) is 2.76. The molecule has 5 rings (SSSR count). The summed E-state index contributed by atoms with van der Waals surface area (Å²) in [5.74, 6) is -1.66. The van der Waals surface area contributed by atoms with Crippen LogP contribution in [0.15, 0.2) is 48.5 Å². The summed E-state index contributed by atoms with van der Waals surface area (Å²) in [6.45, 7) is 3.00. The van der Waals surface area contributed by atoms with Crippen LogP contribution in [-0.2, 0) is 16.1 Å². The lowest BCUT2D eigenvalue weighted by Gasteiger charge is -2.44. The number of nitrogens with one attached hydrogen (secondary N) is 1. The third-order valence-corrected chi connectivity index (χ3v) is 6.00. The lowest BCUT2D eigenvalue weighted by molar-refractivity contribution is -0.161. The van der Waals surface area contributed by atoms with Crippen molar-refractivity contribution in [2.45, 2.75) is 31.5 Å². The van der Waals surface area contributed by atoms with Gasteiger partial charge < -0.3 is 9.84 Å². The van der Waals surface area contributed by atoms with Crippen LogP contribution >= 0.6 is 0 Å². The molecule has 2 N–H and O–H groups in total. The van der Waals surface area contributed by atoms with Gasteiger partial charge in [-0.2, -0.15) is 0 Å². The number of carboxylic acids is 1. The van der Waals surface area contributed by atoms with E-state index in [1.807, 2.05) is 0 Å². The first-order valence-electron chi connectivity index (χ1n) is 10.2. The van der Waals surface area contributed by atoms with Gasteiger partial charge in [0, 0.05) is 18.7 Å².